The molecule has 4 aromatic rings. The predicted octanol–water partition coefficient (Wildman–Crippen LogP) is 7.32. The Morgan fingerprint density at radius 1 is 0.765 bits per heavy atom. The summed E-state index contributed by atoms with van der Waals surface area (Å²) in [5.74, 6) is -1.77. The van der Waals surface area contributed by atoms with Gasteiger partial charge in [-0.1, -0.05) is 42.5 Å². The van der Waals surface area contributed by atoms with Crippen LogP contribution >= 0.6 is 0 Å². The molecule has 0 radical (unpaired) electrons. The molecule has 5 heteroatoms. The number of benzene rings is 4. The minimum atomic E-state index is -0.852. The average molecular weight is 461 g/mol. The highest BCUT2D eigenvalue weighted by atomic mass is 19.2. The summed E-state index contributed by atoms with van der Waals surface area (Å²) in [5.41, 5.74) is 2.75. The SMILES string of the molecule is Fc1ccc(NC(c2ccc(F)c(F)c2)C2CCN(Cc3ccc4ccccc4c3)CC2)cc1. The fourth-order valence-electron chi connectivity index (χ4n) is 4.94. The molecule has 4 aromatic carbocycles. The highest BCUT2D eigenvalue weighted by molar-refractivity contribution is 5.82. The highest BCUT2D eigenvalue weighted by Gasteiger charge is 2.28. The van der Waals surface area contributed by atoms with E-state index in [0.717, 1.165) is 38.2 Å². The lowest BCUT2D eigenvalue weighted by atomic mass is 9.85. The second kappa shape index (κ2) is 9.90. The number of fused-ring (bicyclic) bond motifs is 1. The zero-order valence-corrected chi connectivity index (χ0v) is 18.9. The maximum Gasteiger partial charge on any atom is 0.159 e. The first-order valence-electron chi connectivity index (χ1n) is 11.7. The first-order chi connectivity index (χ1) is 16.5. The van der Waals surface area contributed by atoms with Gasteiger partial charge in [-0.05, 0) is 96.2 Å². The van der Waals surface area contributed by atoms with Crippen molar-refractivity contribution in [2.24, 2.45) is 5.92 Å². The highest BCUT2D eigenvalue weighted by Crippen LogP contribution is 2.35. The smallest absolute Gasteiger partial charge is 0.159 e. The van der Waals surface area contributed by atoms with E-state index in [0.29, 0.717) is 5.56 Å². The Kier molecular flexibility index (Phi) is 6.54. The van der Waals surface area contributed by atoms with Gasteiger partial charge in [0, 0.05) is 12.2 Å². The van der Waals surface area contributed by atoms with Gasteiger partial charge >= 0.3 is 0 Å². The summed E-state index contributed by atoms with van der Waals surface area (Å²) in [5, 5.41) is 5.94. The lowest BCUT2D eigenvalue weighted by Crippen LogP contribution is -2.36. The fraction of sp³-hybridized carbons (Fsp3) is 0.241. The Bertz CT molecular complexity index is 1260. The van der Waals surface area contributed by atoms with Gasteiger partial charge in [-0.15, -0.1) is 0 Å². The van der Waals surface area contributed by atoms with Gasteiger partial charge in [-0.2, -0.15) is 0 Å². The molecule has 34 heavy (non-hydrogen) atoms. The van der Waals surface area contributed by atoms with Gasteiger partial charge in [0.2, 0.25) is 0 Å². The van der Waals surface area contributed by atoms with Gasteiger partial charge in [-0.25, -0.2) is 13.2 Å². The molecule has 1 N–H and O–H groups in total. The van der Waals surface area contributed by atoms with Crippen LogP contribution in [-0.2, 0) is 6.54 Å². The Morgan fingerprint density at radius 3 is 2.24 bits per heavy atom. The van der Waals surface area contributed by atoms with Crippen molar-refractivity contribution >= 4 is 16.5 Å². The monoisotopic (exact) mass is 460 g/mol. The molecule has 0 aromatic heterocycles. The number of piperidine rings is 1. The maximum absolute atomic E-state index is 14.1. The molecule has 1 saturated heterocycles. The number of hydrogen-bond donors (Lipinski definition) is 1. The standard InChI is InChI=1S/C29H27F3N2/c30-25-8-10-26(11-9-25)33-29(24-7-12-27(31)28(32)18-24)22-13-15-34(16-14-22)19-20-5-6-21-3-1-2-4-23(21)17-20/h1-12,17-18,22,29,33H,13-16,19H2. The Morgan fingerprint density at radius 2 is 1.50 bits per heavy atom. The molecule has 1 heterocycles. The van der Waals surface area contributed by atoms with E-state index < -0.39 is 11.6 Å². The Hall–Kier alpha value is -3.31. The number of nitrogens with one attached hydrogen (secondary N) is 1. The molecule has 174 valence electrons. The minimum absolute atomic E-state index is 0.191. The molecule has 1 aliphatic rings. The number of rotatable bonds is 6. The zero-order chi connectivity index (χ0) is 23.5. The number of nitrogens with zero attached hydrogens (tertiary/aromatic N) is 1. The van der Waals surface area contributed by atoms with E-state index in [1.807, 2.05) is 0 Å². The van der Waals surface area contributed by atoms with Crippen LogP contribution in [0.1, 0.15) is 30.0 Å². The summed E-state index contributed by atoms with van der Waals surface area (Å²) in [6.07, 6.45) is 1.84. The Labute approximate surface area is 198 Å². The van der Waals surface area contributed by atoms with Crippen molar-refractivity contribution in [1.29, 1.82) is 0 Å². The third-order valence-electron chi connectivity index (χ3n) is 6.79. The fourth-order valence-corrected chi connectivity index (χ4v) is 4.94. The maximum atomic E-state index is 14.1. The first kappa shape index (κ1) is 22.5. The summed E-state index contributed by atoms with van der Waals surface area (Å²) < 4.78 is 41.0. The molecule has 1 unspecified atom stereocenters. The number of anilines is 1. The van der Waals surface area contributed by atoms with Crippen LogP contribution in [0, 0.1) is 23.4 Å². The topological polar surface area (TPSA) is 15.3 Å². The van der Waals surface area contributed by atoms with Crippen molar-refractivity contribution in [2.45, 2.75) is 25.4 Å². The van der Waals surface area contributed by atoms with E-state index >= 15 is 0 Å². The largest absolute Gasteiger partial charge is 0.378 e. The summed E-state index contributed by atoms with van der Waals surface area (Å²) in [7, 11) is 0. The van der Waals surface area contributed by atoms with E-state index in [9.17, 15) is 13.2 Å². The van der Waals surface area contributed by atoms with E-state index in [1.54, 1.807) is 18.2 Å². The lowest BCUT2D eigenvalue weighted by molar-refractivity contribution is 0.166. The molecule has 0 aliphatic carbocycles. The molecule has 0 saturated carbocycles. The first-order valence-corrected chi connectivity index (χ1v) is 11.7. The van der Waals surface area contributed by atoms with E-state index in [4.69, 9.17) is 0 Å². The summed E-state index contributed by atoms with van der Waals surface area (Å²) in [4.78, 5) is 2.45. The summed E-state index contributed by atoms with van der Waals surface area (Å²) in [6, 6.07) is 25.0. The van der Waals surface area contributed by atoms with Gasteiger partial charge in [-0.3, -0.25) is 4.90 Å². The van der Waals surface area contributed by atoms with Crippen LogP contribution < -0.4 is 5.32 Å². The van der Waals surface area contributed by atoms with Crippen molar-refractivity contribution in [3.8, 4) is 0 Å². The van der Waals surface area contributed by atoms with Crippen LogP contribution in [0.2, 0.25) is 0 Å². The normalized spacial score (nSPS) is 16.0. The van der Waals surface area contributed by atoms with Crippen LogP contribution in [0.5, 0.6) is 0 Å². The molecule has 0 spiro atoms. The van der Waals surface area contributed by atoms with Crippen LogP contribution in [0.3, 0.4) is 0 Å². The molecule has 0 bridgehead atoms. The van der Waals surface area contributed by atoms with Crippen molar-refractivity contribution in [3.63, 3.8) is 0 Å². The van der Waals surface area contributed by atoms with Crippen molar-refractivity contribution in [3.05, 3.63) is 114 Å². The third-order valence-corrected chi connectivity index (χ3v) is 6.79. The average Bonchev–Trinajstić information content (AvgIpc) is 2.86. The van der Waals surface area contributed by atoms with E-state index in [2.05, 4.69) is 52.7 Å². The summed E-state index contributed by atoms with van der Waals surface area (Å²) >= 11 is 0. The van der Waals surface area contributed by atoms with Gasteiger partial charge in [0.05, 0.1) is 6.04 Å². The summed E-state index contributed by atoms with van der Waals surface area (Å²) in [6.45, 7) is 2.73. The van der Waals surface area contributed by atoms with E-state index in [1.165, 1.54) is 40.6 Å². The molecular weight excluding hydrogens is 433 g/mol. The number of likely N-dealkylation sites (tertiary alicyclic amines) is 1. The minimum Gasteiger partial charge on any atom is -0.378 e. The third kappa shape index (κ3) is 5.10. The van der Waals surface area contributed by atoms with Crippen molar-refractivity contribution in [2.75, 3.05) is 18.4 Å². The molecule has 1 aliphatic heterocycles. The second-order valence-corrected chi connectivity index (χ2v) is 9.10. The van der Waals surface area contributed by atoms with Gasteiger partial charge in [0.15, 0.2) is 11.6 Å². The van der Waals surface area contributed by atoms with Crippen LogP contribution in [0.25, 0.3) is 10.8 Å². The molecule has 2 nitrogen and oxygen atoms in total. The molecule has 1 atom stereocenters. The second-order valence-electron chi connectivity index (χ2n) is 9.10. The van der Waals surface area contributed by atoms with Crippen molar-refractivity contribution < 1.29 is 13.2 Å². The van der Waals surface area contributed by atoms with Crippen molar-refractivity contribution in [1.82, 2.24) is 4.90 Å². The van der Waals surface area contributed by atoms with Gasteiger partial charge in [0.1, 0.15) is 5.82 Å². The van der Waals surface area contributed by atoms with E-state index in [-0.39, 0.29) is 17.8 Å². The quantitative estimate of drug-likeness (QED) is 0.324. The molecule has 5 rings (SSSR count). The van der Waals surface area contributed by atoms with Gasteiger partial charge < -0.3 is 5.32 Å². The van der Waals surface area contributed by atoms with Crippen LogP contribution in [-0.4, -0.2) is 18.0 Å². The van der Waals surface area contributed by atoms with Crippen LogP contribution in [0.15, 0.2) is 84.9 Å². The predicted molar refractivity (Wildman–Crippen MR) is 131 cm³/mol. The molecule has 1 fully saturated rings. The molecular formula is C29H27F3N2. The van der Waals surface area contributed by atoms with Crippen LogP contribution in [0.4, 0.5) is 18.9 Å². The Balaban J connectivity index is 1.30. The number of halogens is 3. The molecule has 0 amide bonds. The van der Waals surface area contributed by atoms with Gasteiger partial charge in [0.25, 0.3) is 0 Å². The number of hydrogen-bond acceptors (Lipinski definition) is 2. The lowest BCUT2D eigenvalue weighted by Gasteiger charge is -2.37. The zero-order valence-electron chi connectivity index (χ0n) is 18.9.